The van der Waals surface area contributed by atoms with E-state index in [1.165, 1.54) is 0 Å². The summed E-state index contributed by atoms with van der Waals surface area (Å²) in [6.07, 6.45) is 0. The molecule has 0 saturated carbocycles. The van der Waals surface area contributed by atoms with Gasteiger partial charge >= 0.3 is 5.97 Å². The Balaban J connectivity index is 3.36. The van der Waals surface area contributed by atoms with Crippen molar-refractivity contribution in [3.05, 3.63) is 29.1 Å². The fourth-order valence-electron chi connectivity index (χ4n) is 1.19. The van der Waals surface area contributed by atoms with Crippen molar-refractivity contribution < 1.29 is 23.8 Å². The van der Waals surface area contributed by atoms with Gasteiger partial charge < -0.3 is 15.9 Å². The predicted octanol–water partition coefficient (Wildman–Crippen LogP) is 1.20. The molecule has 0 radical (unpaired) electrons. The number of hydrogen-bond donors (Lipinski definition) is 3. The van der Waals surface area contributed by atoms with Gasteiger partial charge in [0.1, 0.15) is 23.8 Å². The second kappa shape index (κ2) is 4.22. The zero-order chi connectivity index (χ0) is 11.6. The van der Waals surface area contributed by atoms with E-state index in [0.29, 0.717) is 0 Å². The summed E-state index contributed by atoms with van der Waals surface area (Å²) in [6, 6.07) is 0.347. The fourth-order valence-corrected chi connectivity index (χ4v) is 1.19. The lowest BCUT2D eigenvalue weighted by Crippen LogP contribution is -2.15. The third-order valence-electron chi connectivity index (χ3n) is 1.93. The van der Waals surface area contributed by atoms with Crippen molar-refractivity contribution in [3.63, 3.8) is 0 Å². The van der Waals surface area contributed by atoms with Crippen molar-refractivity contribution in [2.45, 2.75) is 6.04 Å². The average molecular weight is 217 g/mol. The van der Waals surface area contributed by atoms with Gasteiger partial charge in [-0.15, -0.1) is 0 Å². The van der Waals surface area contributed by atoms with Crippen LogP contribution >= 0.6 is 0 Å². The topological polar surface area (TPSA) is 83.6 Å². The number of aromatic hydroxyl groups is 1. The Kier molecular flexibility index (Phi) is 3.21. The molecule has 0 aliphatic carbocycles. The Morgan fingerprint density at radius 3 is 2.60 bits per heavy atom. The number of nitrogens with two attached hydrogens (primary N) is 1. The maximum absolute atomic E-state index is 13.1. The van der Waals surface area contributed by atoms with Gasteiger partial charge in [0.25, 0.3) is 0 Å². The summed E-state index contributed by atoms with van der Waals surface area (Å²) in [5, 5.41) is 18.0. The largest absolute Gasteiger partial charge is 0.507 e. The van der Waals surface area contributed by atoms with Gasteiger partial charge in [0.05, 0.1) is 6.04 Å². The SMILES string of the molecule is N[C@H](CF)c1c(F)ccc(C(=O)O)c1O. The summed E-state index contributed by atoms with van der Waals surface area (Å²) in [4.78, 5) is 10.6. The van der Waals surface area contributed by atoms with Gasteiger partial charge in [-0.25, -0.2) is 13.6 Å². The summed E-state index contributed by atoms with van der Waals surface area (Å²) >= 11 is 0. The van der Waals surface area contributed by atoms with Crippen LogP contribution in [0.1, 0.15) is 22.0 Å². The maximum Gasteiger partial charge on any atom is 0.339 e. The number of aromatic carboxylic acids is 1. The first-order valence-electron chi connectivity index (χ1n) is 4.05. The minimum Gasteiger partial charge on any atom is -0.507 e. The van der Waals surface area contributed by atoms with Crippen LogP contribution in [0.2, 0.25) is 0 Å². The number of phenols is 1. The maximum atomic E-state index is 13.1. The summed E-state index contributed by atoms with van der Waals surface area (Å²) in [5.41, 5.74) is 4.18. The molecule has 0 aliphatic rings. The van der Waals surface area contributed by atoms with E-state index in [-0.39, 0.29) is 0 Å². The van der Waals surface area contributed by atoms with Gasteiger partial charge in [0, 0.05) is 5.56 Å². The Morgan fingerprint density at radius 1 is 1.53 bits per heavy atom. The highest BCUT2D eigenvalue weighted by Crippen LogP contribution is 2.29. The van der Waals surface area contributed by atoms with Crippen molar-refractivity contribution in [1.29, 1.82) is 0 Å². The molecule has 1 rings (SSSR count). The molecule has 0 bridgehead atoms. The third kappa shape index (κ3) is 2.04. The number of carboxylic acid groups (broad SMARTS) is 1. The fraction of sp³-hybridized carbons (Fsp3) is 0.222. The van der Waals surface area contributed by atoms with Gasteiger partial charge in [-0.1, -0.05) is 0 Å². The second-order valence-electron chi connectivity index (χ2n) is 2.92. The quantitative estimate of drug-likeness (QED) is 0.710. The molecule has 4 nitrogen and oxygen atoms in total. The third-order valence-corrected chi connectivity index (χ3v) is 1.93. The van der Waals surface area contributed by atoms with E-state index < -0.39 is 41.4 Å². The molecule has 1 aromatic carbocycles. The smallest absolute Gasteiger partial charge is 0.339 e. The van der Waals surface area contributed by atoms with E-state index >= 15 is 0 Å². The van der Waals surface area contributed by atoms with Crippen LogP contribution in [-0.2, 0) is 0 Å². The summed E-state index contributed by atoms with van der Waals surface area (Å²) in [7, 11) is 0. The molecule has 15 heavy (non-hydrogen) atoms. The number of carboxylic acids is 1. The first kappa shape index (κ1) is 11.4. The van der Waals surface area contributed by atoms with Crippen LogP contribution in [0, 0.1) is 5.82 Å². The molecule has 1 aromatic rings. The van der Waals surface area contributed by atoms with E-state index in [1.54, 1.807) is 0 Å². The highest BCUT2D eigenvalue weighted by molar-refractivity contribution is 5.91. The van der Waals surface area contributed by atoms with Crippen LogP contribution < -0.4 is 5.73 Å². The van der Waals surface area contributed by atoms with E-state index in [4.69, 9.17) is 10.8 Å². The average Bonchev–Trinajstić information content (AvgIpc) is 2.16. The van der Waals surface area contributed by atoms with Crippen LogP contribution in [0.15, 0.2) is 12.1 Å². The van der Waals surface area contributed by atoms with Gasteiger partial charge in [-0.05, 0) is 12.1 Å². The Morgan fingerprint density at radius 2 is 2.13 bits per heavy atom. The Labute approximate surface area is 83.9 Å². The van der Waals surface area contributed by atoms with Crippen LogP contribution in [-0.4, -0.2) is 22.9 Å². The molecule has 0 heterocycles. The number of halogens is 2. The summed E-state index contributed by atoms with van der Waals surface area (Å²) in [5.74, 6) is -3.19. The van der Waals surface area contributed by atoms with Gasteiger partial charge in [-0.3, -0.25) is 0 Å². The van der Waals surface area contributed by atoms with Crippen LogP contribution in [0.25, 0.3) is 0 Å². The number of carbonyl (C=O) groups is 1. The van der Waals surface area contributed by atoms with Crippen LogP contribution in [0.3, 0.4) is 0 Å². The standard InChI is InChI=1S/C9H9F2NO3/c10-3-6(12)7-5(11)2-1-4(8(7)13)9(14)15/h1-2,6,13H,3,12H2,(H,14,15)/t6-/m1/s1. The van der Waals surface area contributed by atoms with Crippen LogP contribution in [0.4, 0.5) is 8.78 Å². The van der Waals surface area contributed by atoms with Crippen molar-refractivity contribution in [1.82, 2.24) is 0 Å². The zero-order valence-electron chi connectivity index (χ0n) is 7.58. The molecule has 1 atom stereocenters. The van der Waals surface area contributed by atoms with Gasteiger partial charge in [-0.2, -0.15) is 0 Å². The molecule has 0 fully saturated rings. The lowest BCUT2D eigenvalue weighted by atomic mass is 10.0. The van der Waals surface area contributed by atoms with Crippen LogP contribution in [0.5, 0.6) is 5.75 Å². The summed E-state index contributed by atoms with van der Waals surface area (Å²) < 4.78 is 25.3. The first-order valence-corrected chi connectivity index (χ1v) is 4.05. The van der Waals surface area contributed by atoms with E-state index in [0.717, 1.165) is 12.1 Å². The van der Waals surface area contributed by atoms with Gasteiger partial charge in [0.2, 0.25) is 0 Å². The minimum absolute atomic E-state index is 0.504. The zero-order valence-corrected chi connectivity index (χ0v) is 7.58. The minimum atomic E-state index is -1.43. The van der Waals surface area contributed by atoms with Crippen molar-refractivity contribution in [2.24, 2.45) is 5.73 Å². The molecule has 0 spiro atoms. The first-order chi connectivity index (χ1) is 6.99. The Hall–Kier alpha value is -1.69. The molecule has 0 unspecified atom stereocenters. The lowest BCUT2D eigenvalue weighted by Gasteiger charge is -2.12. The molecule has 0 amide bonds. The van der Waals surface area contributed by atoms with E-state index in [2.05, 4.69) is 0 Å². The molecule has 0 aliphatic heterocycles. The Bertz CT molecular complexity index is 395. The number of alkyl halides is 1. The number of hydrogen-bond acceptors (Lipinski definition) is 3. The molecule has 0 aromatic heterocycles. The number of benzene rings is 1. The highest BCUT2D eigenvalue weighted by Gasteiger charge is 2.21. The molecule has 6 heteroatoms. The van der Waals surface area contributed by atoms with Crippen molar-refractivity contribution in [3.8, 4) is 5.75 Å². The molecular weight excluding hydrogens is 208 g/mol. The van der Waals surface area contributed by atoms with Crippen molar-refractivity contribution >= 4 is 5.97 Å². The van der Waals surface area contributed by atoms with Gasteiger partial charge in [0.15, 0.2) is 0 Å². The molecule has 4 N–H and O–H groups in total. The van der Waals surface area contributed by atoms with E-state index in [9.17, 15) is 18.7 Å². The lowest BCUT2D eigenvalue weighted by molar-refractivity contribution is 0.0693. The van der Waals surface area contributed by atoms with Crippen molar-refractivity contribution in [2.75, 3.05) is 6.67 Å². The highest BCUT2D eigenvalue weighted by atomic mass is 19.1. The van der Waals surface area contributed by atoms with E-state index in [1.807, 2.05) is 0 Å². The number of rotatable bonds is 3. The monoisotopic (exact) mass is 217 g/mol. The normalized spacial score (nSPS) is 12.5. The molecular formula is C9H9F2NO3. The molecule has 0 saturated heterocycles. The summed E-state index contributed by atoms with van der Waals surface area (Å²) in [6.45, 7) is -1.09. The second-order valence-corrected chi connectivity index (χ2v) is 2.92. The molecule has 82 valence electrons. The predicted molar refractivity (Wildman–Crippen MR) is 47.9 cm³/mol.